The standard InChI is InChI=1S/C25H31N5O4/c1-25(2,3)34-24(31)30-8-4-5-18(14-30)17-6-7-21-20(13-17)28-22-19(15-33-21)23(27-16-26-22)29-9-11-32-12-10-29/h5-7,13,16H,4,8-12,14-15H2,1-3H3,(H,26,27,28). The second-order valence-corrected chi connectivity index (χ2v) is 9.67. The fourth-order valence-electron chi connectivity index (χ4n) is 4.36. The van der Waals surface area contributed by atoms with Gasteiger partial charge in [0.2, 0.25) is 0 Å². The maximum Gasteiger partial charge on any atom is 0.410 e. The van der Waals surface area contributed by atoms with Crippen molar-refractivity contribution in [1.29, 1.82) is 0 Å². The molecule has 0 atom stereocenters. The molecule has 4 heterocycles. The maximum absolute atomic E-state index is 12.6. The number of amides is 1. The van der Waals surface area contributed by atoms with E-state index < -0.39 is 5.60 Å². The van der Waals surface area contributed by atoms with Gasteiger partial charge >= 0.3 is 6.09 Å². The molecule has 5 rings (SSSR count). The van der Waals surface area contributed by atoms with E-state index in [1.165, 1.54) is 0 Å². The molecule has 3 aliphatic heterocycles. The molecule has 0 unspecified atom stereocenters. The van der Waals surface area contributed by atoms with Crippen LogP contribution in [0.5, 0.6) is 5.75 Å². The van der Waals surface area contributed by atoms with Crippen molar-refractivity contribution in [2.24, 2.45) is 0 Å². The molecule has 9 heteroatoms. The lowest BCUT2D eigenvalue weighted by molar-refractivity contribution is 0.0273. The molecule has 3 aliphatic rings. The number of hydrogen-bond donors (Lipinski definition) is 1. The average molecular weight is 466 g/mol. The Morgan fingerprint density at radius 3 is 2.76 bits per heavy atom. The van der Waals surface area contributed by atoms with Gasteiger partial charge in [-0.15, -0.1) is 0 Å². The van der Waals surface area contributed by atoms with Gasteiger partial charge in [0.1, 0.15) is 35.9 Å². The molecule has 9 nitrogen and oxygen atoms in total. The zero-order chi connectivity index (χ0) is 23.7. The summed E-state index contributed by atoms with van der Waals surface area (Å²) in [6.45, 7) is 10.2. The number of fused-ring (bicyclic) bond motifs is 2. The van der Waals surface area contributed by atoms with Gasteiger partial charge in [-0.25, -0.2) is 14.8 Å². The van der Waals surface area contributed by atoms with E-state index in [-0.39, 0.29) is 6.09 Å². The van der Waals surface area contributed by atoms with Crippen LogP contribution in [0.3, 0.4) is 0 Å². The number of anilines is 3. The Kier molecular flexibility index (Phi) is 6.03. The monoisotopic (exact) mass is 465 g/mol. The van der Waals surface area contributed by atoms with Crippen LogP contribution in [0, 0.1) is 0 Å². The lowest BCUT2D eigenvalue weighted by Crippen LogP contribution is -2.39. The second-order valence-electron chi connectivity index (χ2n) is 9.67. The van der Waals surface area contributed by atoms with E-state index in [4.69, 9.17) is 14.2 Å². The number of carbonyl (C=O) groups excluding carboxylic acids is 1. The van der Waals surface area contributed by atoms with Crippen LogP contribution in [0.25, 0.3) is 5.57 Å². The molecule has 1 N–H and O–H groups in total. The highest BCUT2D eigenvalue weighted by molar-refractivity contribution is 5.79. The first-order valence-corrected chi connectivity index (χ1v) is 11.8. The van der Waals surface area contributed by atoms with Gasteiger partial charge in [-0.2, -0.15) is 0 Å². The summed E-state index contributed by atoms with van der Waals surface area (Å²) in [6, 6.07) is 6.07. The van der Waals surface area contributed by atoms with Crippen molar-refractivity contribution in [3.05, 3.63) is 41.7 Å². The Balaban J connectivity index is 1.37. The van der Waals surface area contributed by atoms with Crippen LogP contribution in [0.15, 0.2) is 30.6 Å². The Labute approximate surface area is 199 Å². The largest absolute Gasteiger partial charge is 0.486 e. The van der Waals surface area contributed by atoms with Crippen molar-refractivity contribution < 1.29 is 19.0 Å². The second kappa shape index (κ2) is 9.13. The van der Waals surface area contributed by atoms with E-state index in [2.05, 4.69) is 32.3 Å². The predicted molar refractivity (Wildman–Crippen MR) is 130 cm³/mol. The molecule has 1 aromatic heterocycles. The highest BCUT2D eigenvalue weighted by Gasteiger charge is 2.26. The van der Waals surface area contributed by atoms with Gasteiger partial charge in [-0.05, 0) is 50.5 Å². The highest BCUT2D eigenvalue weighted by Crippen LogP contribution is 2.38. The predicted octanol–water partition coefficient (Wildman–Crippen LogP) is 3.97. The minimum Gasteiger partial charge on any atom is -0.486 e. The number of benzene rings is 1. The quantitative estimate of drug-likeness (QED) is 0.713. The van der Waals surface area contributed by atoms with E-state index in [0.717, 1.165) is 59.3 Å². The molecular formula is C25H31N5O4. The van der Waals surface area contributed by atoms with Crippen LogP contribution in [0.1, 0.15) is 38.3 Å². The Bertz CT molecular complexity index is 1100. The number of nitrogens with one attached hydrogen (secondary N) is 1. The topological polar surface area (TPSA) is 89.0 Å². The molecule has 1 fully saturated rings. The van der Waals surface area contributed by atoms with Crippen molar-refractivity contribution in [2.75, 3.05) is 49.6 Å². The van der Waals surface area contributed by atoms with Gasteiger partial charge in [-0.3, -0.25) is 0 Å². The summed E-state index contributed by atoms with van der Waals surface area (Å²) in [5.74, 6) is 2.40. The summed E-state index contributed by atoms with van der Waals surface area (Å²) in [5, 5.41) is 3.46. The number of carbonyl (C=O) groups is 1. The summed E-state index contributed by atoms with van der Waals surface area (Å²) in [6.07, 6.45) is 4.28. The van der Waals surface area contributed by atoms with E-state index in [1.54, 1.807) is 11.2 Å². The molecule has 2 aromatic rings. The summed E-state index contributed by atoms with van der Waals surface area (Å²) in [5.41, 5.74) is 3.39. The third-order valence-electron chi connectivity index (χ3n) is 6.01. The summed E-state index contributed by atoms with van der Waals surface area (Å²) in [7, 11) is 0. The molecule has 0 aliphatic carbocycles. The summed E-state index contributed by atoms with van der Waals surface area (Å²) in [4.78, 5) is 25.6. The molecule has 0 bridgehead atoms. The number of ether oxygens (including phenoxy) is 3. The number of aromatic nitrogens is 2. The lowest BCUT2D eigenvalue weighted by atomic mass is 10.0. The number of rotatable bonds is 2. The number of morpholine rings is 1. The van der Waals surface area contributed by atoms with Crippen molar-refractivity contribution in [1.82, 2.24) is 14.9 Å². The first kappa shape index (κ1) is 22.5. The fraction of sp³-hybridized carbons (Fsp3) is 0.480. The van der Waals surface area contributed by atoms with Gasteiger partial charge in [0.15, 0.2) is 0 Å². The van der Waals surface area contributed by atoms with Crippen LogP contribution in [-0.4, -0.2) is 66.0 Å². The minimum absolute atomic E-state index is 0.282. The molecule has 180 valence electrons. The smallest absolute Gasteiger partial charge is 0.410 e. The molecule has 0 radical (unpaired) electrons. The van der Waals surface area contributed by atoms with Crippen LogP contribution in [-0.2, 0) is 16.1 Å². The van der Waals surface area contributed by atoms with E-state index >= 15 is 0 Å². The zero-order valence-electron chi connectivity index (χ0n) is 20.0. The van der Waals surface area contributed by atoms with E-state index in [0.29, 0.717) is 32.9 Å². The molecule has 1 saturated heterocycles. The first-order valence-electron chi connectivity index (χ1n) is 11.8. The number of nitrogens with zero attached hydrogens (tertiary/aromatic N) is 4. The molecule has 1 aromatic carbocycles. The van der Waals surface area contributed by atoms with Crippen molar-refractivity contribution in [3.63, 3.8) is 0 Å². The summed E-state index contributed by atoms with van der Waals surface area (Å²) < 4.78 is 17.2. The van der Waals surface area contributed by atoms with Gasteiger partial charge in [-0.1, -0.05) is 12.1 Å². The van der Waals surface area contributed by atoms with E-state index in [9.17, 15) is 4.79 Å². The van der Waals surface area contributed by atoms with Crippen LogP contribution < -0.4 is 15.0 Å². The Morgan fingerprint density at radius 2 is 1.97 bits per heavy atom. The molecule has 0 spiro atoms. The minimum atomic E-state index is -0.515. The number of hydrogen-bond acceptors (Lipinski definition) is 8. The first-order chi connectivity index (χ1) is 16.4. The summed E-state index contributed by atoms with van der Waals surface area (Å²) >= 11 is 0. The third-order valence-corrected chi connectivity index (χ3v) is 6.01. The van der Waals surface area contributed by atoms with Crippen LogP contribution in [0.4, 0.5) is 22.1 Å². The zero-order valence-corrected chi connectivity index (χ0v) is 20.0. The van der Waals surface area contributed by atoms with Crippen LogP contribution >= 0.6 is 0 Å². The van der Waals surface area contributed by atoms with E-state index in [1.807, 2.05) is 32.9 Å². The lowest BCUT2D eigenvalue weighted by Gasteiger charge is -2.30. The SMILES string of the molecule is CC(C)(C)OC(=O)N1CCC=C(c2ccc3c(c2)Nc2ncnc(N4CCOCC4)c2CO3)C1. The van der Waals surface area contributed by atoms with Gasteiger partial charge in [0, 0.05) is 26.2 Å². The van der Waals surface area contributed by atoms with Crippen molar-refractivity contribution >= 4 is 29.0 Å². The third kappa shape index (κ3) is 4.79. The van der Waals surface area contributed by atoms with Gasteiger partial charge in [0.25, 0.3) is 0 Å². The molecule has 1 amide bonds. The Morgan fingerprint density at radius 1 is 1.15 bits per heavy atom. The fourth-order valence-corrected chi connectivity index (χ4v) is 4.36. The molecule has 0 saturated carbocycles. The average Bonchev–Trinajstić information content (AvgIpc) is 3.02. The van der Waals surface area contributed by atoms with Crippen molar-refractivity contribution in [2.45, 2.75) is 39.4 Å². The Hall–Kier alpha value is -3.33. The normalized spacial score (nSPS) is 18.0. The van der Waals surface area contributed by atoms with Crippen LogP contribution in [0.2, 0.25) is 0 Å². The van der Waals surface area contributed by atoms with Gasteiger partial charge in [0.05, 0.1) is 24.5 Å². The molecule has 34 heavy (non-hydrogen) atoms. The molecular weight excluding hydrogens is 434 g/mol. The van der Waals surface area contributed by atoms with Gasteiger partial charge < -0.3 is 29.3 Å². The highest BCUT2D eigenvalue weighted by atomic mass is 16.6. The van der Waals surface area contributed by atoms with Crippen molar-refractivity contribution in [3.8, 4) is 5.75 Å². The maximum atomic E-state index is 12.6.